The molecule has 1 amide bonds. The Morgan fingerprint density at radius 3 is 2.70 bits per heavy atom. The van der Waals surface area contributed by atoms with E-state index >= 15 is 0 Å². The quantitative estimate of drug-likeness (QED) is 0.616. The molecule has 1 N–H and O–H groups in total. The standard InChI is InChI=1S/C19H17ClN4O5S/c1-2-24-15-9-12(3-8-16(15)28-11-18(24)25)19-22-17(29-23-19)10-21-30(26,27)14-6-4-13(20)5-7-14/h3-9,21H,2,10-11H2,1H3. The molecule has 0 saturated heterocycles. The van der Waals surface area contributed by atoms with Crippen LogP contribution in [0, 0.1) is 0 Å². The summed E-state index contributed by atoms with van der Waals surface area (Å²) >= 11 is 5.79. The predicted octanol–water partition coefficient (Wildman–Crippen LogP) is 2.61. The number of carbonyl (C=O) groups excluding carboxylic acids is 1. The highest BCUT2D eigenvalue weighted by molar-refractivity contribution is 7.89. The van der Waals surface area contributed by atoms with Gasteiger partial charge in [0.15, 0.2) is 6.61 Å². The van der Waals surface area contributed by atoms with Gasteiger partial charge in [0.1, 0.15) is 5.75 Å². The third-order valence-corrected chi connectivity index (χ3v) is 6.15. The van der Waals surface area contributed by atoms with Gasteiger partial charge in [-0.2, -0.15) is 4.98 Å². The number of amides is 1. The van der Waals surface area contributed by atoms with Crippen LogP contribution in [0.2, 0.25) is 5.02 Å². The average molecular weight is 449 g/mol. The molecule has 1 aromatic heterocycles. The van der Waals surface area contributed by atoms with E-state index in [1.54, 1.807) is 23.1 Å². The summed E-state index contributed by atoms with van der Waals surface area (Å²) in [6.45, 7) is 2.20. The van der Waals surface area contributed by atoms with Crippen LogP contribution in [0.3, 0.4) is 0 Å². The van der Waals surface area contributed by atoms with Gasteiger partial charge >= 0.3 is 0 Å². The first kappa shape index (κ1) is 20.3. The van der Waals surface area contributed by atoms with Crippen LogP contribution >= 0.6 is 11.6 Å². The first-order valence-corrected chi connectivity index (χ1v) is 10.9. The first-order chi connectivity index (χ1) is 14.4. The predicted molar refractivity (Wildman–Crippen MR) is 109 cm³/mol. The lowest BCUT2D eigenvalue weighted by Crippen LogP contribution is -2.38. The van der Waals surface area contributed by atoms with Crippen molar-refractivity contribution in [1.82, 2.24) is 14.9 Å². The molecule has 0 unspecified atom stereocenters. The topological polar surface area (TPSA) is 115 Å². The third kappa shape index (κ3) is 4.02. The lowest BCUT2D eigenvalue weighted by Gasteiger charge is -2.28. The number of anilines is 1. The molecule has 0 fully saturated rings. The Balaban J connectivity index is 1.51. The van der Waals surface area contributed by atoms with Crippen LogP contribution < -0.4 is 14.4 Å². The summed E-state index contributed by atoms with van der Waals surface area (Å²) in [5.74, 6) is 0.833. The SMILES string of the molecule is CCN1C(=O)COc2ccc(-c3noc(CNS(=O)(=O)c4ccc(Cl)cc4)n3)cc21. The van der Waals surface area contributed by atoms with E-state index in [0.717, 1.165) is 0 Å². The maximum absolute atomic E-state index is 12.4. The molecular weight excluding hydrogens is 432 g/mol. The summed E-state index contributed by atoms with van der Waals surface area (Å²) in [6, 6.07) is 11.0. The molecule has 2 aromatic carbocycles. The summed E-state index contributed by atoms with van der Waals surface area (Å²) in [5.41, 5.74) is 1.24. The maximum atomic E-state index is 12.4. The second-order valence-corrected chi connectivity index (χ2v) is 8.60. The van der Waals surface area contributed by atoms with Gasteiger partial charge in [-0.25, -0.2) is 13.1 Å². The third-order valence-electron chi connectivity index (χ3n) is 4.48. The number of hydrogen-bond donors (Lipinski definition) is 1. The van der Waals surface area contributed by atoms with Crippen molar-refractivity contribution in [3.63, 3.8) is 0 Å². The summed E-state index contributed by atoms with van der Waals surface area (Å²) in [7, 11) is -3.76. The minimum absolute atomic E-state index is 0.000306. The minimum atomic E-state index is -3.76. The maximum Gasteiger partial charge on any atom is 0.265 e. The smallest absolute Gasteiger partial charge is 0.265 e. The fourth-order valence-electron chi connectivity index (χ4n) is 2.99. The van der Waals surface area contributed by atoms with E-state index in [9.17, 15) is 13.2 Å². The molecule has 0 atom stereocenters. The Labute approximate surface area is 177 Å². The molecule has 1 aliphatic rings. The number of aromatic nitrogens is 2. The van der Waals surface area contributed by atoms with Gasteiger partial charge in [0.05, 0.1) is 17.1 Å². The van der Waals surface area contributed by atoms with Crippen molar-refractivity contribution < 1.29 is 22.5 Å². The molecule has 0 bridgehead atoms. The van der Waals surface area contributed by atoms with Gasteiger partial charge < -0.3 is 14.2 Å². The highest BCUT2D eigenvalue weighted by Gasteiger charge is 2.25. The average Bonchev–Trinajstić information content (AvgIpc) is 3.21. The number of ether oxygens (including phenoxy) is 1. The molecule has 4 rings (SSSR count). The highest BCUT2D eigenvalue weighted by Crippen LogP contribution is 2.35. The molecule has 30 heavy (non-hydrogen) atoms. The van der Waals surface area contributed by atoms with Gasteiger partial charge in [-0.15, -0.1) is 0 Å². The molecule has 2 heterocycles. The highest BCUT2D eigenvalue weighted by atomic mass is 35.5. The van der Waals surface area contributed by atoms with Crippen LogP contribution in [0.15, 0.2) is 51.9 Å². The fraction of sp³-hybridized carbons (Fsp3) is 0.211. The lowest BCUT2D eigenvalue weighted by molar-refractivity contribution is -0.121. The van der Waals surface area contributed by atoms with E-state index in [4.69, 9.17) is 20.9 Å². The lowest BCUT2D eigenvalue weighted by atomic mass is 10.1. The molecule has 156 valence electrons. The second kappa shape index (κ2) is 8.05. The zero-order valence-electron chi connectivity index (χ0n) is 15.8. The van der Waals surface area contributed by atoms with Crippen molar-refractivity contribution in [2.24, 2.45) is 0 Å². The van der Waals surface area contributed by atoms with E-state index in [1.807, 2.05) is 6.92 Å². The van der Waals surface area contributed by atoms with Gasteiger partial charge in [-0.1, -0.05) is 16.8 Å². The first-order valence-electron chi connectivity index (χ1n) is 9.03. The van der Waals surface area contributed by atoms with Crippen LogP contribution in [-0.2, 0) is 21.4 Å². The largest absolute Gasteiger partial charge is 0.482 e. The number of fused-ring (bicyclic) bond motifs is 1. The summed E-state index contributed by atoms with van der Waals surface area (Å²) in [4.78, 5) is 18.0. The van der Waals surface area contributed by atoms with Crippen molar-refractivity contribution in [3.05, 3.63) is 53.4 Å². The number of nitrogens with zero attached hydrogens (tertiary/aromatic N) is 3. The normalized spacial score (nSPS) is 13.8. The number of carbonyl (C=O) groups is 1. The summed E-state index contributed by atoms with van der Waals surface area (Å²) in [5, 5.41) is 4.35. The molecule has 1 aliphatic heterocycles. The van der Waals surface area contributed by atoms with Crippen molar-refractivity contribution >= 4 is 33.2 Å². The fourth-order valence-corrected chi connectivity index (χ4v) is 4.09. The van der Waals surface area contributed by atoms with Crippen molar-refractivity contribution in [2.45, 2.75) is 18.4 Å². The summed E-state index contributed by atoms with van der Waals surface area (Å²) in [6.07, 6.45) is 0. The number of halogens is 1. The Bertz CT molecular complexity index is 1190. The number of rotatable bonds is 6. The Morgan fingerprint density at radius 2 is 1.97 bits per heavy atom. The molecule has 0 aliphatic carbocycles. The monoisotopic (exact) mass is 448 g/mol. The number of nitrogens with one attached hydrogen (secondary N) is 1. The Hall–Kier alpha value is -2.95. The van der Waals surface area contributed by atoms with E-state index in [1.165, 1.54) is 24.3 Å². The molecular formula is C19H17ClN4O5S. The van der Waals surface area contributed by atoms with Gasteiger partial charge in [-0.05, 0) is 49.4 Å². The Kier molecular flexibility index (Phi) is 5.46. The molecule has 0 radical (unpaired) electrons. The molecule has 0 spiro atoms. The number of hydrogen-bond acceptors (Lipinski definition) is 7. The van der Waals surface area contributed by atoms with E-state index in [0.29, 0.717) is 28.6 Å². The van der Waals surface area contributed by atoms with Crippen LogP contribution in [0.4, 0.5) is 5.69 Å². The van der Waals surface area contributed by atoms with Crippen LogP contribution in [0.25, 0.3) is 11.4 Å². The van der Waals surface area contributed by atoms with E-state index in [2.05, 4.69) is 14.9 Å². The number of sulfonamides is 1. The molecule has 11 heteroatoms. The van der Waals surface area contributed by atoms with Gasteiger partial charge in [0.2, 0.25) is 21.7 Å². The molecule has 3 aromatic rings. The number of benzene rings is 2. The van der Waals surface area contributed by atoms with Crippen LogP contribution in [-0.4, -0.2) is 37.6 Å². The number of likely N-dealkylation sites (N-methyl/N-ethyl adjacent to an activating group) is 1. The van der Waals surface area contributed by atoms with Gasteiger partial charge in [0.25, 0.3) is 5.91 Å². The van der Waals surface area contributed by atoms with Crippen LogP contribution in [0.5, 0.6) is 5.75 Å². The van der Waals surface area contributed by atoms with Crippen molar-refractivity contribution in [3.8, 4) is 17.1 Å². The minimum Gasteiger partial charge on any atom is -0.482 e. The van der Waals surface area contributed by atoms with Gasteiger partial charge in [0, 0.05) is 17.1 Å². The van der Waals surface area contributed by atoms with Gasteiger partial charge in [-0.3, -0.25) is 4.79 Å². The second-order valence-electron chi connectivity index (χ2n) is 6.40. The van der Waals surface area contributed by atoms with E-state index < -0.39 is 10.0 Å². The molecule has 0 saturated carbocycles. The molecule has 9 nitrogen and oxygen atoms in total. The van der Waals surface area contributed by atoms with Crippen LogP contribution in [0.1, 0.15) is 12.8 Å². The Morgan fingerprint density at radius 1 is 1.20 bits per heavy atom. The zero-order valence-corrected chi connectivity index (χ0v) is 17.4. The summed E-state index contributed by atoms with van der Waals surface area (Å²) < 4.78 is 37.7. The van der Waals surface area contributed by atoms with E-state index in [-0.39, 0.29) is 35.7 Å². The zero-order chi connectivity index (χ0) is 21.3. The van der Waals surface area contributed by atoms with Crippen molar-refractivity contribution in [1.29, 1.82) is 0 Å². The van der Waals surface area contributed by atoms with Crippen molar-refractivity contribution in [2.75, 3.05) is 18.1 Å².